The van der Waals surface area contributed by atoms with Gasteiger partial charge in [-0.1, -0.05) is 13.8 Å². The first kappa shape index (κ1) is 17.0. The molecule has 1 heterocycles. The first-order valence-corrected chi connectivity index (χ1v) is 7.41. The molecule has 1 N–H and O–H groups in total. The Bertz CT molecular complexity index is 402. The Morgan fingerprint density at radius 3 is 2.50 bits per heavy atom. The van der Waals surface area contributed by atoms with Crippen molar-refractivity contribution in [2.45, 2.75) is 32.5 Å². The highest BCUT2D eigenvalue weighted by atomic mass is 32.1. The molecule has 0 aromatic carbocycles. The van der Waals surface area contributed by atoms with Crippen LogP contribution in [0.25, 0.3) is 0 Å². The van der Waals surface area contributed by atoms with E-state index in [9.17, 15) is 18.0 Å². The van der Waals surface area contributed by atoms with Gasteiger partial charge in [-0.05, 0) is 35.5 Å². The van der Waals surface area contributed by atoms with Crippen LogP contribution in [-0.2, 0) is 4.79 Å². The standard InChI is InChI=1S/C13H19F3N2OS/c1-3-18(4-2)11(10-5-6-20-9-10)8-17-12(19)7-13(14,15)16/h5-6,9,11H,3-4,7-8H2,1-2H3,(H,17,19). The molecule has 1 aromatic heterocycles. The van der Waals surface area contributed by atoms with Crippen LogP contribution in [0.4, 0.5) is 13.2 Å². The summed E-state index contributed by atoms with van der Waals surface area (Å²) in [5, 5.41) is 6.26. The maximum Gasteiger partial charge on any atom is 0.397 e. The monoisotopic (exact) mass is 308 g/mol. The van der Waals surface area contributed by atoms with Crippen LogP contribution in [0.2, 0.25) is 0 Å². The first-order valence-electron chi connectivity index (χ1n) is 6.47. The van der Waals surface area contributed by atoms with E-state index in [1.54, 1.807) is 0 Å². The highest BCUT2D eigenvalue weighted by Crippen LogP contribution is 2.23. The third-order valence-corrected chi connectivity index (χ3v) is 3.74. The van der Waals surface area contributed by atoms with Gasteiger partial charge in [-0.25, -0.2) is 0 Å². The fourth-order valence-electron chi connectivity index (χ4n) is 2.04. The number of amides is 1. The van der Waals surface area contributed by atoms with E-state index in [1.807, 2.05) is 30.7 Å². The van der Waals surface area contributed by atoms with E-state index < -0.39 is 18.5 Å². The van der Waals surface area contributed by atoms with E-state index in [4.69, 9.17) is 0 Å². The molecule has 0 fully saturated rings. The van der Waals surface area contributed by atoms with Crippen LogP contribution in [0.1, 0.15) is 31.9 Å². The van der Waals surface area contributed by atoms with E-state index >= 15 is 0 Å². The number of nitrogens with zero attached hydrogens (tertiary/aromatic N) is 1. The zero-order chi connectivity index (χ0) is 15.2. The molecular weight excluding hydrogens is 289 g/mol. The molecule has 3 nitrogen and oxygen atoms in total. The molecule has 1 unspecified atom stereocenters. The zero-order valence-electron chi connectivity index (χ0n) is 11.5. The normalized spacial score (nSPS) is 13.5. The average Bonchev–Trinajstić information content (AvgIpc) is 2.85. The van der Waals surface area contributed by atoms with E-state index in [0.29, 0.717) is 0 Å². The number of nitrogens with one attached hydrogen (secondary N) is 1. The smallest absolute Gasteiger partial charge is 0.354 e. The molecule has 1 amide bonds. The Morgan fingerprint density at radius 2 is 2.05 bits per heavy atom. The van der Waals surface area contributed by atoms with Gasteiger partial charge in [-0.2, -0.15) is 24.5 Å². The molecule has 1 rings (SSSR count). The predicted octanol–water partition coefficient (Wildman–Crippen LogP) is 3.20. The highest BCUT2D eigenvalue weighted by Gasteiger charge is 2.31. The maximum atomic E-state index is 12.1. The summed E-state index contributed by atoms with van der Waals surface area (Å²) in [5.74, 6) is -0.982. The first-order chi connectivity index (χ1) is 9.37. The fourth-order valence-corrected chi connectivity index (χ4v) is 2.75. The van der Waals surface area contributed by atoms with E-state index in [-0.39, 0.29) is 12.6 Å². The van der Waals surface area contributed by atoms with Crippen LogP contribution in [0.15, 0.2) is 16.8 Å². The molecule has 0 aliphatic rings. The minimum atomic E-state index is -4.46. The second-order valence-corrected chi connectivity index (χ2v) is 5.17. The topological polar surface area (TPSA) is 32.3 Å². The van der Waals surface area contributed by atoms with Crippen molar-refractivity contribution in [2.75, 3.05) is 19.6 Å². The van der Waals surface area contributed by atoms with Gasteiger partial charge >= 0.3 is 6.18 Å². The lowest BCUT2D eigenvalue weighted by Crippen LogP contribution is -2.39. The molecule has 0 saturated carbocycles. The van der Waals surface area contributed by atoms with Gasteiger partial charge in [0.25, 0.3) is 0 Å². The molecule has 1 atom stereocenters. The molecule has 0 aliphatic heterocycles. The zero-order valence-corrected chi connectivity index (χ0v) is 12.4. The third kappa shape index (κ3) is 5.50. The van der Waals surface area contributed by atoms with Crippen LogP contribution in [0.3, 0.4) is 0 Å². The fraction of sp³-hybridized carbons (Fsp3) is 0.615. The SMILES string of the molecule is CCN(CC)C(CNC(=O)CC(F)(F)F)c1ccsc1. The van der Waals surface area contributed by atoms with Crippen molar-refractivity contribution in [3.63, 3.8) is 0 Å². The number of carbonyl (C=O) groups excluding carboxylic acids is 1. The van der Waals surface area contributed by atoms with Crippen molar-refractivity contribution in [3.05, 3.63) is 22.4 Å². The van der Waals surface area contributed by atoms with Crippen molar-refractivity contribution in [1.29, 1.82) is 0 Å². The molecule has 114 valence electrons. The van der Waals surface area contributed by atoms with Crippen molar-refractivity contribution in [2.24, 2.45) is 0 Å². The Balaban J connectivity index is 2.64. The van der Waals surface area contributed by atoms with Crippen molar-refractivity contribution in [1.82, 2.24) is 10.2 Å². The largest absolute Gasteiger partial charge is 0.397 e. The molecule has 0 saturated heterocycles. The van der Waals surface area contributed by atoms with E-state index in [2.05, 4.69) is 10.2 Å². The molecule has 0 spiro atoms. The van der Waals surface area contributed by atoms with Crippen molar-refractivity contribution < 1.29 is 18.0 Å². The van der Waals surface area contributed by atoms with E-state index in [0.717, 1.165) is 18.7 Å². The number of hydrogen-bond acceptors (Lipinski definition) is 3. The Morgan fingerprint density at radius 1 is 1.40 bits per heavy atom. The van der Waals surface area contributed by atoms with Crippen LogP contribution in [0, 0.1) is 0 Å². The number of halogens is 3. The van der Waals surface area contributed by atoms with Gasteiger partial charge < -0.3 is 5.32 Å². The van der Waals surface area contributed by atoms with Crippen LogP contribution in [0.5, 0.6) is 0 Å². The van der Waals surface area contributed by atoms with Gasteiger partial charge in [0.15, 0.2) is 0 Å². The quantitative estimate of drug-likeness (QED) is 0.839. The van der Waals surface area contributed by atoms with Crippen LogP contribution in [-0.4, -0.2) is 36.6 Å². The minimum absolute atomic E-state index is 0.0894. The maximum absolute atomic E-state index is 12.1. The lowest BCUT2D eigenvalue weighted by atomic mass is 10.1. The highest BCUT2D eigenvalue weighted by molar-refractivity contribution is 7.07. The summed E-state index contributed by atoms with van der Waals surface area (Å²) in [7, 11) is 0. The number of likely N-dealkylation sites (N-methyl/N-ethyl adjacent to an activating group) is 1. The molecule has 0 bridgehead atoms. The lowest BCUT2D eigenvalue weighted by Gasteiger charge is -2.29. The van der Waals surface area contributed by atoms with Crippen molar-refractivity contribution in [3.8, 4) is 0 Å². The van der Waals surface area contributed by atoms with Gasteiger partial charge in [0.05, 0.1) is 6.04 Å². The minimum Gasteiger partial charge on any atom is -0.354 e. The molecule has 1 aromatic rings. The number of rotatable bonds is 7. The van der Waals surface area contributed by atoms with Crippen LogP contribution >= 0.6 is 11.3 Å². The van der Waals surface area contributed by atoms with Gasteiger partial charge in [0.1, 0.15) is 6.42 Å². The molecule has 0 radical (unpaired) electrons. The Labute approximate surface area is 120 Å². The predicted molar refractivity (Wildman–Crippen MR) is 73.7 cm³/mol. The Kier molecular flexibility index (Phi) is 6.48. The Hall–Kier alpha value is -1.08. The molecular formula is C13H19F3N2OS. The second kappa shape index (κ2) is 7.64. The van der Waals surface area contributed by atoms with Gasteiger partial charge in [-0.3, -0.25) is 9.69 Å². The number of hydrogen-bond donors (Lipinski definition) is 1. The van der Waals surface area contributed by atoms with Gasteiger partial charge in [0, 0.05) is 6.54 Å². The number of alkyl halides is 3. The number of carbonyl (C=O) groups is 1. The summed E-state index contributed by atoms with van der Waals surface area (Å²) < 4.78 is 36.4. The summed E-state index contributed by atoms with van der Waals surface area (Å²) in [4.78, 5) is 13.4. The second-order valence-electron chi connectivity index (χ2n) is 4.39. The summed E-state index contributed by atoms with van der Waals surface area (Å²) in [6.45, 7) is 5.70. The summed E-state index contributed by atoms with van der Waals surface area (Å²) >= 11 is 1.53. The molecule has 7 heteroatoms. The average molecular weight is 308 g/mol. The van der Waals surface area contributed by atoms with Gasteiger partial charge in [0.2, 0.25) is 5.91 Å². The lowest BCUT2D eigenvalue weighted by molar-refractivity contribution is -0.153. The number of thiophene rings is 1. The van der Waals surface area contributed by atoms with Gasteiger partial charge in [-0.15, -0.1) is 0 Å². The molecule has 20 heavy (non-hydrogen) atoms. The van der Waals surface area contributed by atoms with Crippen molar-refractivity contribution >= 4 is 17.2 Å². The molecule has 0 aliphatic carbocycles. The third-order valence-electron chi connectivity index (χ3n) is 3.03. The summed E-state index contributed by atoms with van der Waals surface area (Å²) in [6.07, 6.45) is -5.89. The van der Waals surface area contributed by atoms with E-state index in [1.165, 1.54) is 11.3 Å². The summed E-state index contributed by atoms with van der Waals surface area (Å²) in [5.41, 5.74) is 1.02. The van der Waals surface area contributed by atoms with Crippen LogP contribution < -0.4 is 5.32 Å². The summed E-state index contributed by atoms with van der Waals surface area (Å²) in [6, 6.07) is 1.84.